The predicted octanol–water partition coefficient (Wildman–Crippen LogP) is 1.32. The fraction of sp³-hybridized carbons (Fsp3) is 0.357. The molecule has 0 bridgehead atoms. The summed E-state index contributed by atoms with van der Waals surface area (Å²) in [7, 11) is 0. The minimum atomic E-state index is -0.596. The summed E-state index contributed by atoms with van der Waals surface area (Å²) in [6.07, 6.45) is -1.16. The Balaban J connectivity index is 2.09. The van der Waals surface area contributed by atoms with E-state index in [1.54, 1.807) is 24.3 Å². The van der Waals surface area contributed by atoms with Crippen molar-refractivity contribution in [3.63, 3.8) is 0 Å². The maximum atomic E-state index is 11.4. The van der Waals surface area contributed by atoms with E-state index >= 15 is 0 Å². The first-order valence-electron chi connectivity index (χ1n) is 6.34. The van der Waals surface area contributed by atoms with Crippen LogP contribution in [-0.4, -0.2) is 30.7 Å². The number of rotatable bonds is 4. The molecule has 0 aromatic heterocycles. The Hall–Kier alpha value is -2.57. The molecular formula is C14H15NO6. The van der Waals surface area contributed by atoms with Gasteiger partial charge in [-0.3, -0.25) is 9.59 Å². The van der Waals surface area contributed by atoms with Crippen LogP contribution in [0.3, 0.4) is 0 Å². The van der Waals surface area contributed by atoms with Gasteiger partial charge in [-0.2, -0.15) is 0 Å². The van der Waals surface area contributed by atoms with Gasteiger partial charge in [0, 0.05) is 13.8 Å². The van der Waals surface area contributed by atoms with Crippen molar-refractivity contribution in [3.05, 3.63) is 29.8 Å². The van der Waals surface area contributed by atoms with E-state index in [1.165, 1.54) is 13.8 Å². The molecule has 0 saturated carbocycles. The summed E-state index contributed by atoms with van der Waals surface area (Å²) >= 11 is 0. The molecule has 1 aliphatic heterocycles. The zero-order valence-corrected chi connectivity index (χ0v) is 11.6. The number of carbonyl (C=O) groups is 3. The van der Waals surface area contributed by atoms with Crippen LogP contribution in [0.5, 0.6) is 5.75 Å². The van der Waals surface area contributed by atoms with Crippen molar-refractivity contribution in [2.45, 2.75) is 26.0 Å². The van der Waals surface area contributed by atoms with Crippen LogP contribution in [0, 0.1) is 0 Å². The third-order valence-electron chi connectivity index (χ3n) is 2.86. The number of esters is 2. The summed E-state index contributed by atoms with van der Waals surface area (Å²) in [5.41, 5.74) is 0.758. The molecule has 0 spiro atoms. The van der Waals surface area contributed by atoms with E-state index in [9.17, 15) is 14.4 Å². The SMILES string of the molecule is CC(=O)OC[C@@H]1OC(=O)N[C@@H]1c1ccc(OC(C)=O)cc1. The molecule has 21 heavy (non-hydrogen) atoms. The van der Waals surface area contributed by atoms with Gasteiger partial charge in [0.2, 0.25) is 0 Å². The average Bonchev–Trinajstić information content (AvgIpc) is 2.78. The Morgan fingerprint density at radius 1 is 1.19 bits per heavy atom. The van der Waals surface area contributed by atoms with Crippen molar-refractivity contribution in [2.24, 2.45) is 0 Å². The van der Waals surface area contributed by atoms with Crippen LogP contribution < -0.4 is 10.1 Å². The number of ether oxygens (including phenoxy) is 3. The molecule has 0 radical (unpaired) electrons. The maximum absolute atomic E-state index is 11.4. The minimum absolute atomic E-state index is 0.0234. The Morgan fingerprint density at radius 3 is 2.43 bits per heavy atom. The van der Waals surface area contributed by atoms with Gasteiger partial charge in [-0.25, -0.2) is 4.79 Å². The summed E-state index contributed by atoms with van der Waals surface area (Å²) in [4.78, 5) is 33.0. The Morgan fingerprint density at radius 2 is 1.86 bits per heavy atom. The Labute approximate surface area is 121 Å². The minimum Gasteiger partial charge on any atom is -0.462 e. The summed E-state index contributed by atoms with van der Waals surface area (Å²) in [6, 6.07) is 6.22. The van der Waals surface area contributed by atoms with E-state index in [4.69, 9.17) is 14.2 Å². The highest BCUT2D eigenvalue weighted by molar-refractivity contribution is 5.71. The van der Waals surface area contributed by atoms with E-state index in [-0.39, 0.29) is 6.61 Å². The average molecular weight is 293 g/mol. The van der Waals surface area contributed by atoms with Crippen LogP contribution in [0.25, 0.3) is 0 Å². The third-order valence-corrected chi connectivity index (χ3v) is 2.86. The number of nitrogens with one attached hydrogen (secondary N) is 1. The molecule has 7 nitrogen and oxygen atoms in total. The van der Waals surface area contributed by atoms with Crippen LogP contribution >= 0.6 is 0 Å². The lowest BCUT2D eigenvalue weighted by molar-refractivity contribution is -0.143. The molecule has 1 aromatic carbocycles. The molecule has 0 aliphatic carbocycles. The first-order valence-corrected chi connectivity index (χ1v) is 6.34. The van der Waals surface area contributed by atoms with Gasteiger partial charge in [-0.05, 0) is 17.7 Å². The fourth-order valence-electron chi connectivity index (χ4n) is 2.00. The summed E-state index contributed by atoms with van der Waals surface area (Å²) < 4.78 is 14.9. The highest BCUT2D eigenvalue weighted by atomic mass is 16.6. The van der Waals surface area contributed by atoms with E-state index < -0.39 is 30.2 Å². The van der Waals surface area contributed by atoms with Crippen molar-refractivity contribution in [3.8, 4) is 5.75 Å². The molecule has 1 heterocycles. The number of amides is 1. The molecule has 2 atom stereocenters. The summed E-state index contributed by atoms with van der Waals surface area (Å²) in [5, 5.41) is 2.64. The van der Waals surface area contributed by atoms with E-state index in [2.05, 4.69) is 5.32 Å². The van der Waals surface area contributed by atoms with Crippen LogP contribution in [0.1, 0.15) is 25.5 Å². The topological polar surface area (TPSA) is 90.9 Å². The van der Waals surface area contributed by atoms with Crippen molar-refractivity contribution in [1.82, 2.24) is 5.32 Å². The van der Waals surface area contributed by atoms with Gasteiger partial charge in [0.1, 0.15) is 12.4 Å². The number of hydrogen-bond donors (Lipinski definition) is 1. The number of benzene rings is 1. The number of alkyl carbamates (subject to hydrolysis) is 1. The van der Waals surface area contributed by atoms with Gasteiger partial charge in [-0.1, -0.05) is 12.1 Å². The zero-order valence-electron chi connectivity index (χ0n) is 11.6. The highest BCUT2D eigenvalue weighted by Gasteiger charge is 2.35. The van der Waals surface area contributed by atoms with Crippen molar-refractivity contribution < 1.29 is 28.6 Å². The molecule has 1 aliphatic rings. The second kappa shape index (κ2) is 6.25. The molecule has 2 rings (SSSR count). The summed E-state index contributed by atoms with van der Waals surface area (Å²) in [5.74, 6) is -0.442. The van der Waals surface area contributed by atoms with E-state index in [1.807, 2.05) is 0 Å². The van der Waals surface area contributed by atoms with Gasteiger partial charge in [0.05, 0.1) is 6.04 Å². The van der Waals surface area contributed by atoms with Crippen LogP contribution in [0.2, 0.25) is 0 Å². The third kappa shape index (κ3) is 3.95. The largest absolute Gasteiger partial charge is 0.462 e. The Kier molecular flexibility index (Phi) is 4.42. The standard InChI is InChI=1S/C14H15NO6/c1-8(16)19-7-12-13(15-14(18)21-12)10-3-5-11(6-4-10)20-9(2)17/h3-6,12-13H,7H2,1-2H3,(H,15,18)/t12-,13+/m0/s1. The monoisotopic (exact) mass is 293 g/mol. The lowest BCUT2D eigenvalue weighted by atomic mass is 10.0. The molecule has 1 saturated heterocycles. The molecule has 1 amide bonds. The Bertz CT molecular complexity index is 553. The van der Waals surface area contributed by atoms with Gasteiger partial charge in [0.25, 0.3) is 0 Å². The van der Waals surface area contributed by atoms with Crippen molar-refractivity contribution in [2.75, 3.05) is 6.61 Å². The normalized spacial score (nSPS) is 20.4. The van der Waals surface area contributed by atoms with E-state index in [0.29, 0.717) is 5.75 Å². The zero-order chi connectivity index (χ0) is 15.4. The van der Waals surface area contributed by atoms with Gasteiger partial charge in [0.15, 0.2) is 6.10 Å². The first kappa shape index (κ1) is 14.8. The quantitative estimate of drug-likeness (QED) is 0.665. The number of carbonyl (C=O) groups excluding carboxylic acids is 3. The molecular weight excluding hydrogens is 278 g/mol. The van der Waals surface area contributed by atoms with Crippen molar-refractivity contribution >= 4 is 18.0 Å². The van der Waals surface area contributed by atoms with Gasteiger partial charge < -0.3 is 19.5 Å². The molecule has 7 heteroatoms. The first-order chi connectivity index (χ1) is 9.95. The van der Waals surface area contributed by atoms with Crippen LogP contribution in [-0.2, 0) is 19.1 Å². The maximum Gasteiger partial charge on any atom is 0.408 e. The number of hydrogen-bond acceptors (Lipinski definition) is 6. The molecule has 1 fully saturated rings. The lowest BCUT2D eigenvalue weighted by Gasteiger charge is -2.17. The second-order valence-electron chi connectivity index (χ2n) is 4.53. The van der Waals surface area contributed by atoms with Crippen molar-refractivity contribution in [1.29, 1.82) is 0 Å². The molecule has 112 valence electrons. The molecule has 1 N–H and O–H groups in total. The van der Waals surface area contributed by atoms with Crippen LogP contribution in [0.4, 0.5) is 4.79 Å². The predicted molar refractivity (Wildman–Crippen MR) is 70.5 cm³/mol. The van der Waals surface area contributed by atoms with Crippen LogP contribution in [0.15, 0.2) is 24.3 Å². The van der Waals surface area contributed by atoms with Gasteiger partial charge in [-0.15, -0.1) is 0 Å². The highest BCUT2D eigenvalue weighted by Crippen LogP contribution is 2.26. The lowest BCUT2D eigenvalue weighted by Crippen LogP contribution is -2.27. The van der Waals surface area contributed by atoms with E-state index in [0.717, 1.165) is 5.56 Å². The second-order valence-corrected chi connectivity index (χ2v) is 4.53. The summed E-state index contributed by atoms with van der Waals surface area (Å²) in [6.45, 7) is 2.58. The molecule has 0 unspecified atom stereocenters. The van der Waals surface area contributed by atoms with Gasteiger partial charge >= 0.3 is 18.0 Å². The number of cyclic esters (lactones) is 1. The smallest absolute Gasteiger partial charge is 0.408 e. The molecule has 1 aromatic rings. The fourth-order valence-corrected chi connectivity index (χ4v) is 2.00.